The zero-order chi connectivity index (χ0) is 13.2. The van der Waals surface area contributed by atoms with Crippen LogP contribution in [-0.4, -0.2) is 29.7 Å². The van der Waals surface area contributed by atoms with Gasteiger partial charge in [0.05, 0.1) is 5.56 Å². The molecule has 1 aromatic rings. The highest BCUT2D eigenvalue weighted by molar-refractivity contribution is 5.88. The predicted octanol–water partition coefficient (Wildman–Crippen LogP) is 2.53. The summed E-state index contributed by atoms with van der Waals surface area (Å²) in [5.74, 6) is -0.207. The van der Waals surface area contributed by atoms with E-state index in [1.54, 1.807) is 12.1 Å². The first kappa shape index (κ1) is 13.5. The van der Waals surface area contributed by atoms with E-state index in [2.05, 4.69) is 4.98 Å². The second kappa shape index (κ2) is 4.73. The number of hydrogen-bond donors (Lipinski definition) is 1. The zero-order valence-electron chi connectivity index (χ0n) is 11.1. The van der Waals surface area contributed by atoms with Gasteiger partial charge in [0, 0.05) is 24.7 Å². The number of pyridine rings is 1. The van der Waals surface area contributed by atoms with Crippen LogP contribution in [0.1, 0.15) is 43.7 Å². The molecule has 1 heterocycles. The minimum atomic E-state index is -0.913. The number of aromatic nitrogens is 1. The number of carbonyl (C=O) groups is 1. The molecule has 4 nitrogen and oxygen atoms in total. The van der Waals surface area contributed by atoms with Gasteiger partial charge in [-0.25, -0.2) is 9.78 Å². The van der Waals surface area contributed by atoms with E-state index in [1.807, 2.05) is 39.6 Å². The van der Waals surface area contributed by atoms with Crippen LogP contribution in [-0.2, 0) is 5.41 Å². The molecule has 1 N–H and O–H groups in total. The summed E-state index contributed by atoms with van der Waals surface area (Å²) in [4.78, 5) is 17.5. The van der Waals surface area contributed by atoms with Gasteiger partial charge in [-0.3, -0.25) is 0 Å². The van der Waals surface area contributed by atoms with Crippen LogP contribution < -0.4 is 4.90 Å². The molecular formula is C13H20N2O2. The van der Waals surface area contributed by atoms with Gasteiger partial charge in [-0.05, 0) is 19.1 Å². The van der Waals surface area contributed by atoms with Gasteiger partial charge in [-0.15, -0.1) is 0 Å². The predicted molar refractivity (Wildman–Crippen MR) is 68.8 cm³/mol. The third-order valence-corrected chi connectivity index (χ3v) is 2.69. The van der Waals surface area contributed by atoms with Crippen molar-refractivity contribution < 1.29 is 9.90 Å². The van der Waals surface area contributed by atoms with Crippen molar-refractivity contribution >= 4 is 11.8 Å². The summed E-state index contributed by atoms with van der Waals surface area (Å²) in [7, 11) is 1.90. The molecule has 0 aromatic carbocycles. The fourth-order valence-corrected chi connectivity index (χ4v) is 1.38. The zero-order valence-corrected chi connectivity index (χ0v) is 11.1. The van der Waals surface area contributed by atoms with Crippen molar-refractivity contribution in [3.63, 3.8) is 0 Å². The van der Waals surface area contributed by atoms with Gasteiger partial charge in [-0.1, -0.05) is 20.8 Å². The Bertz CT molecular complexity index is 422. The molecule has 0 spiro atoms. The molecule has 0 aliphatic heterocycles. The summed E-state index contributed by atoms with van der Waals surface area (Å²) in [5, 5.41) is 9.11. The molecule has 0 radical (unpaired) electrons. The van der Waals surface area contributed by atoms with E-state index in [0.29, 0.717) is 11.4 Å². The number of aromatic carboxylic acids is 1. The number of carboxylic acid groups (broad SMARTS) is 1. The number of hydrogen-bond acceptors (Lipinski definition) is 3. The number of rotatable bonds is 3. The Kier molecular flexibility index (Phi) is 3.76. The summed E-state index contributed by atoms with van der Waals surface area (Å²) in [6.45, 7) is 8.87. The lowest BCUT2D eigenvalue weighted by atomic mass is 9.90. The molecule has 0 aliphatic rings. The molecule has 17 heavy (non-hydrogen) atoms. The molecule has 0 amide bonds. The third kappa shape index (κ3) is 3.19. The molecule has 0 atom stereocenters. The molecule has 1 rings (SSSR count). The Morgan fingerprint density at radius 3 is 2.41 bits per heavy atom. The maximum Gasteiger partial charge on any atom is 0.335 e. The molecule has 1 aromatic heterocycles. The largest absolute Gasteiger partial charge is 0.478 e. The average molecular weight is 236 g/mol. The maximum absolute atomic E-state index is 11.1. The minimum absolute atomic E-state index is 0.158. The van der Waals surface area contributed by atoms with E-state index in [1.165, 1.54) is 0 Å². The Morgan fingerprint density at radius 1 is 1.41 bits per heavy atom. The minimum Gasteiger partial charge on any atom is -0.478 e. The highest BCUT2D eigenvalue weighted by Crippen LogP contribution is 2.24. The summed E-state index contributed by atoms with van der Waals surface area (Å²) in [6, 6.07) is 3.26. The first-order valence-electron chi connectivity index (χ1n) is 5.72. The standard InChI is InChI=1S/C13H20N2O2/c1-6-15(5)11-8-9(12(16)17)7-10(14-11)13(2,3)4/h7-8H,6H2,1-5H3,(H,16,17). The normalized spacial score (nSPS) is 11.4. The van der Waals surface area contributed by atoms with Crippen LogP contribution in [0, 0.1) is 0 Å². The van der Waals surface area contributed by atoms with E-state index in [4.69, 9.17) is 5.11 Å². The molecule has 4 heteroatoms. The Hall–Kier alpha value is -1.58. The maximum atomic E-state index is 11.1. The number of nitrogens with zero attached hydrogens (tertiary/aromatic N) is 2. The van der Waals surface area contributed by atoms with Crippen LogP contribution in [0.3, 0.4) is 0 Å². The van der Waals surface area contributed by atoms with Crippen molar-refractivity contribution in [2.75, 3.05) is 18.5 Å². The van der Waals surface area contributed by atoms with Gasteiger partial charge >= 0.3 is 5.97 Å². The van der Waals surface area contributed by atoms with Crippen LogP contribution in [0.5, 0.6) is 0 Å². The van der Waals surface area contributed by atoms with E-state index in [9.17, 15) is 4.79 Å². The highest BCUT2D eigenvalue weighted by atomic mass is 16.4. The van der Waals surface area contributed by atoms with Crippen molar-refractivity contribution in [2.45, 2.75) is 33.1 Å². The van der Waals surface area contributed by atoms with Crippen LogP contribution in [0.4, 0.5) is 5.82 Å². The Labute approximate surface area is 102 Å². The lowest BCUT2D eigenvalue weighted by Gasteiger charge is -2.22. The van der Waals surface area contributed by atoms with Gasteiger partial charge in [0.25, 0.3) is 0 Å². The molecule has 0 bridgehead atoms. The summed E-state index contributed by atoms with van der Waals surface area (Å²) in [6.07, 6.45) is 0. The van der Waals surface area contributed by atoms with Crippen molar-refractivity contribution in [3.05, 3.63) is 23.4 Å². The molecule has 94 valence electrons. The second-order valence-corrected chi connectivity index (χ2v) is 5.17. The monoisotopic (exact) mass is 236 g/mol. The summed E-state index contributed by atoms with van der Waals surface area (Å²) >= 11 is 0. The van der Waals surface area contributed by atoms with Gasteiger partial charge in [-0.2, -0.15) is 0 Å². The van der Waals surface area contributed by atoms with E-state index < -0.39 is 5.97 Å². The van der Waals surface area contributed by atoms with Gasteiger partial charge in [0.15, 0.2) is 0 Å². The summed E-state index contributed by atoms with van der Waals surface area (Å²) in [5.41, 5.74) is 0.933. The third-order valence-electron chi connectivity index (χ3n) is 2.69. The van der Waals surface area contributed by atoms with Crippen LogP contribution in [0.25, 0.3) is 0 Å². The Morgan fingerprint density at radius 2 is 2.00 bits per heavy atom. The van der Waals surface area contributed by atoms with Crippen LogP contribution >= 0.6 is 0 Å². The van der Waals surface area contributed by atoms with E-state index >= 15 is 0 Å². The molecular weight excluding hydrogens is 216 g/mol. The SMILES string of the molecule is CCN(C)c1cc(C(=O)O)cc(C(C)(C)C)n1. The lowest BCUT2D eigenvalue weighted by molar-refractivity contribution is 0.0696. The van der Waals surface area contributed by atoms with Crippen molar-refractivity contribution in [1.29, 1.82) is 0 Å². The smallest absolute Gasteiger partial charge is 0.335 e. The van der Waals surface area contributed by atoms with Crippen molar-refractivity contribution in [2.24, 2.45) is 0 Å². The van der Waals surface area contributed by atoms with E-state index in [0.717, 1.165) is 12.2 Å². The van der Waals surface area contributed by atoms with Gasteiger partial charge < -0.3 is 10.0 Å². The first-order valence-corrected chi connectivity index (χ1v) is 5.72. The van der Waals surface area contributed by atoms with Gasteiger partial charge in [0.1, 0.15) is 5.82 Å². The topological polar surface area (TPSA) is 53.4 Å². The molecule has 0 unspecified atom stereocenters. The Balaban J connectivity index is 3.34. The lowest BCUT2D eigenvalue weighted by Crippen LogP contribution is -2.22. The number of anilines is 1. The van der Waals surface area contributed by atoms with E-state index in [-0.39, 0.29) is 5.41 Å². The average Bonchev–Trinajstić information content (AvgIpc) is 2.26. The van der Waals surface area contributed by atoms with Crippen LogP contribution in [0.2, 0.25) is 0 Å². The fraction of sp³-hybridized carbons (Fsp3) is 0.538. The summed E-state index contributed by atoms with van der Waals surface area (Å²) < 4.78 is 0. The first-order chi connectivity index (χ1) is 7.75. The molecule has 0 saturated carbocycles. The van der Waals surface area contributed by atoms with Gasteiger partial charge in [0.2, 0.25) is 0 Å². The highest BCUT2D eigenvalue weighted by Gasteiger charge is 2.19. The van der Waals surface area contributed by atoms with Crippen molar-refractivity contribution in [1.82, 2.24) is 4.98 Å². The molecule has 0 fully saturated rings. The number of carboxylic acids is 1. The molecule has 0 saturated heterocycles. The quantitative estimate of drug-likeness (QED) is 0.876. The van der Waals surface area contributed by atoms with Crippen molar-refractivity contribution in [3.8, 4) is 0 Å². The fourth-order valence-electron chi connectivity index (χ4n) is 1.38. The second-order valence-electron chi connectivity index (χ2n) is 5.17. The molecule has 0 aliphatic carbocycles. The van der Waals surface area contributed by atoms with Crippen LogP contribution in [0.15, 0.2) is 12.1 Å².